The topological polar surface area (TPSA) is 130 Å². The number of pyridine rings is 6. The zero-order valence-electron chi connectivity index (χ0n) is 88.7. The van der Waals surface area contributed by atoms with Crippen LogP contribution in [0.1, 0.15) is 104 Å². The Morgan fingerprint density at radius 1 is 0.280 bits per heavy atom. The third-order valence-electron chi connectivity index (χ3n) is 29.1. The molecule has 0 spiro atoms. The molecular weight excluding hydrogens is 1750 g/mol. The fourth-order valence-electron chi connectivity index (χ4n) is 22.1. The number of fused-ring (bicyclic) bond motifs is 22. The lowest BCUT2D eigenvalue weighted by Crippen LogP contribution is -2.34. The largest absolute Gasteiger partial charge is 0.303 e. The second kappa shape index (κ2) is 36.6. The molecule has 0 saturated carbocycles. The van der Waals surface area contributed by atoms with Crippen molar-refractivity contribution in [3.63, 3.8) is 0 Å². The summed E-state index contributed by atoms with van der Waals surface area (Å²) in [5, 5.41) is 2.46. The first-order valence-corrected chi connectivity index (χ1v) is 48.9. The molecule has 18 heteroatoms. The van der Waals surface area contributed by atoms with Gasteiger partial charge < -0.3 is 27.4 Å². The predicted octanol–water partition coefficient (Wildman–Crippen LogP) is 23.2. The predicted molar refractivity (Wildman–Crippen MR) is 576 cm³/mol. The van der Waals surface area contributed by atoms with Gasteiger partial charge in [0.2, 0.25) is 45.2 Å². The number of allylic oxidation sites excluding steroid dienone is 4. The first-order chi connectivity index (χ1) is 72.1. The molecule has 0 bridgehead atoms. The number of hydrogen-bond acceptors (Lipinski definition) is 6. The van der Waals surface area contributed by atoms with Crippen molar-refractivity contribution < 1.29 is 35.6 Å². The van der Waals surface area contributed by atoms with Gasteiger partial charge in [0.25, 0.3) is 0 Å². The maximum absolute atomic E-state index is 7.70. The van der Waals surface area contributed by atoms with E-state index in [1.54, 1.807) is 24.3 Å². The van der Waals surface area contributed by atoms with Crippen LogP contribution >= 0.6 is 0 Å². The summed E-state index contributed by atoms with van der Waals surface area (Å²) >= 11 is 0. The number of nitrogens with zero attached hydrogens (tertiary/aromatic N) is 18. The highest BCUT2D eigenvalue weighted by molar-refractivity contribution is 5.97. The summed E-state index contributed by atoms with van der Waals surface area (Å²) < 4.78 is 72.2. The van der Waals surface area contributed by atoms with Gasteiger partial charge in [-0.15, -0.1) is 0 Å². The number of rotatable bonds is 8. The third kappa shape index (κ3) is 15.9. The molecule has 12 aromatic heterocycles. The summed E-state index contributed by atoms with van der Waals surface area (Å²) in [6.45, 7) is 10.6. The molecule has 0 amide bonds. The lowest BCUT2D eigenvalue weighted by Gasteiger charge is -2.14. The van der Waals surface area contributed by atoms with E-state index in [0.717, 1.165) is 140 Å². The molecule has 0 saturated heterocycles. The van der Waals surface area contributed by atoms with Crippen LogP contribution in [0.15, 0.2) is 323 Å². The maximum Gasteiger partial charge on any atom is 0.240 e. The Morgan fingerprint density at radius 3 is 0.986 bits per heavy atom. The van der Waals surface area contributed by atoms with Crippen molar-refractivity contribution >= 4 is 90.7 Å². The smallest absolute Gasteiger partial charge is 0.240 e. The van der Waals surface area contributed by atoms with Gasteiger partial charge in [0, 0.05) is 138 Å². The molecule has 6 aliphatic rings. The fraction of sp³-hybridized carbons (Fsp3) is 0.168. The summed E-state index contributed by atoms with van der Waals surface area (Å²) in [4.78, 5) is 28.6. The monoisotopic (exact) mass is 1870 g/mol. The van der Waals surface area contributed by atoms with Crippen LogP contribution in [0.25, 0.3) is 192 Å². The van der Waals surface area contributed by atoms with Gasteiger partial charge in [-0.1, -0.05) is 205 Å². The molecule has 22 aromatic rings. The normalized spacial score (nSPS) is 13.5. The van der Waals surface area contributed by atoms with Crippen LogP contribution in [0.2, 0.25) is 0 Å². The molecule has 0 aliphatic carbocycles. The van der Waals surface area contributed by atoms with Crippen LogP contribution in [0.5, 0.6) is 0 Å². The van der Waals surface area contributed by atoms with E-state index in [9.17, 15) is 0 Å². The van der Waals surface area contributed by atoms with Gasteiger partial charge in [0.05, 0.1) is 83.2 Å². The van der Waals surface area contributed by atoms with Crippen molar-refractivity contribution in [1.82, 2.24) is 57.3 Å². The number of aromatic nitrogens is 18. The zero-order valence-corrected chi connectivity index (χ0v) is 82.7. The number of imidazole rings is 6. The molecule has 0 N–H and O–H groups in total. The van der Waals surface area contributed by atoms with E-state index >= 15 is 0 Å². The molecular formula is C125H114N18+6. The van der Waals surface area contributed by atoms with Gasteiger partial charge in [-0.05, 0) is 166 Å². The molecule has 18 heterocycles. The van der Waals surface area contributed by atoms with Crippen molar-refractivity contribution in [3.05, 3.63) is 419 Å². The Balaban J connectivity index is 0.0000000986. The minimum atomic E-state index is -2.10. The highest BCUT2D eigenvalue weighted by Crippen LogP contribution is 2.44. The van der Waals surface area contributed by atoms with E-state index in [1.807, 2.05) is 68.4 Å². The van der Waals surface area contributed by atoms with E-state index in [4.69, 9.17) is 28.2 Å². The molecule has 0 atom stereocenters. The van der Waals surface area contributed by atoms with Crippen molar-refractivity contribution in [2.75, 3.05) is 0 Å². The number of aryl methyl sites for hydroxylation is 15. The van der Waals surface area contributed by atoms with Gasteiger partial charge in [0.15, 0.2) is 46.9 Å². The molecule has 0 fully saturated rings. The SMILES string of the molecule is Cc1ccc(-c2c3nc4n(c3cc[n+]2C)C=CC4)c(C)c1.Cc1ccc(-c2ccccc2)cc1-c1c2c(c3ccccc3[n+]1C)-n1ccnc1C2.Cc1ccc(-c2ccccc2)cc1-c1c2nc3n(c2cc[n+]1C)C=CC3.Cc1ccccc1-c1c2nc3n(c2cc[n+]1C)C=CC3.[2H]C([2H])([2H])c1ccc(-c2c3c(c4ccccc4[n+]2C)-n2ccnc2C3)c(C)c1.[2H]C([2H])([2H])c1ccc(-c2c3nc4n(c3cc[n+]2C)C=CC4)c(C)c1. The quantitative estimate of drug-likeness (QED) is 0.139. The van der Waals surface area contributed by atoms with Crippen LogP contribution in [0.3, 0.4) is 0 Å². The number of hydrogen-bond donors (Lipinski definition) is 0. The minimum Gasteiger partial charge on any atom is -0.303 e. The van der Waals surface area contributed by atoms with Gasteiger partial charge in [0.1, 0.15) is 77.2 Å². The van der Waals surface area contributed by atoms with Gasteiger partial charge >= 0.3 is 0 Å². The highest BCUT2D eigenvalue weighted by atomic mass is 15.2. The Kier molecular flexibility index (Phi) is 21.2. The first kappa shape index (κ1) is 82.9. The standard InChI is InChI=1S/C27H22N3.C23H20N3.C22H20N3.2C18H18N3.C17H16N3/c1-18-12-13-20(19-8-4-3-5-9-19)16-22(18)26-23-17-25-28-14-15-30(25)27(23)21-10-6-7-11-24(21)29(26)2;1-16-10-11-18(17-7-4-3-5-8-17)15-19(16)23-22-20(12-14-25(23)2)26-13-6-9-21(26)24-22;1-14-8-9-16(15(2)12-14)21-18-13-20-23-10-11-25(20)22(18)17-6-4-5-7-19(17)24(21)3;2*1-12-6-7-14(13(2)11-12)18-17-15(8-10-20(18)3)21-9-4-5-16(21)19-17;1-12-6-3-4-7-13(12)17-16-14(9-11-19(17)2)20-10-5-8-15(20)18-16/h3-16H,17H2,1-2H3;3-8,10-15H,9H2,1-2H3;4-12H,13H2,1-3H3;2*4,6-11H,5H2,1-3H3;3-7,9-11H,8H2,1-2H3/q6*+1/i;;2*1D3;;. The maximum atomic E-state index is 7.70. The summed E-state index contributed by atoms with van der Waals surface area (Å²) in [6, 6.07) is 86.1. The zero-order chi connectivity index (χ0) is 103. The lowest BCUT2D eigenvalue weighted by molar-refractivity contribution is -0.659. The molecule has 0 unspecified atom stereocenters. The second-order valence-electron chi connectivity index (χ2n) is 38.3. The Morgan fingerprint density at radius 2 is 0.601 bits per heavy atom. The van der Waals surface area contributed by atoms with Crippen LogP contribution < -0.4 is 27.4 Å². The average Bonchev–Trinajstić information content (AvgIpc) is 1.27. The van der Waals surface area contributed by atoms with Crippen molar-refractivity contribution in [2.45, 2.75) is 101 Å². The van der Waals surface area contributed by atoms with E-state index in [0.29, 0.717) is 11.1 Å². The average molecular weight is 1870 g/mol. The Labute approximate surface area is 841 Å². The van der Waals surface area contributed by atoms with E-state index in [2.05, 4.69) is 410 Å². The molecule has 28 rings (SSSR count). The number of para-hydroxylation sites is 2. The van der Waals surface area contributed by atoms with E-state index in [1.165, 1.54) is 150 Å². The minimum absolute atomic E-state index is 0.369. The molecule has 10 aromatic carbocycles. The van der Waals surface area contributed by atoms with Gasteiger partial charge in [-0.3, -0.25) is 0 Å². The van der Waals surface area contributed by atoms with Crippen LogP contribution in [-0.2, 0) is 80.8 Å². The van der Waals surface area contributed by atoms with Crippen molar-refractivity contribution in [3.8, 4) is 101 Å². The van der Waals surface area contributed by atoms with E-state index < -0.39 is 13.7 Å². The molecule has 18 nitrogen and oxygen atoms in total. The summed E-state index contributed by atoms with van der Waals surface area (Å²) in [7, 11) is 12.5. The molecule has 6 aliphatic heterocycles. The summed E-state index contributed by atoms with van der Waals surface area (Å²) in [5.41, 5.74) is 44.3. The second-order valence-corrected chi connectivity index (χ2v) is 38.3. The molecule has 0 radical (unpaired) electrons. The van der Waals surface area contributed by atoms with Crippen molar-refractivity contribution in [1.29, 1.82) is 0 Å². The summed E-state index contributed by atoms with van der Waals surface area (Å²) in [6.07, 6.45) is 38.4. The van der Waals surface area contributed by atoms with Crippen LogP contribution in [-0.4, -0.2) is 57.3 Å². The molecule has 143 heavy (non-hydrogen) atoms. The number of benzene rings is 10. The summed E-state index contributed by atoms with van der Waals surface area (Å²) in [5.74, 6) is 6.55. The highest BCUT2D eigenvalue weighted by Gasteiger charge is 2.37. The van der Waals surface area contributed by atoms with Crippen molar-refractivity contribution in [2.24, 2.45) is 42.3 Å². The third-order valence-corrected chi connectivity index (χ3v) is 29.1. The van der Waals surface area contributed by atoms with Crippen LogP contribution in [0.4, 0.5) is 0 Å². The van der Waals surface area contributed by atoms with E-state index in [-0.39, 0.29) is 0 Å². The first-order valence-electron chi connectivity index (χ1n) is 51.9. The van der Waals surface area contributed by atoms with Crippen LogP contribution in [0, 0.1) is 62.2 Å². The van der Waals surface area contributed by atoms with Gasteiger partial charge in [-0.25, -0.2) is 29.9 Å². The lowest BCUT2D eigenvalue weighted by atomic mass is 9.93. The van der Waals surface area contributed by atoms with Gasteiger partial charge in [-0.2, -0.15) is 27.4 Å². The molecule has 698 valence electrons. The fourth-order valence-corrected chi connectivity index (χ4v) is 22.1. The Hall–Kier alpha value is -17.1. The Bertz CT molecular complexity index is 9360.